The van der Waals surface area contributed by atoms with Gasteiger partial charge in [-0.1, -0.05) is 0 Å². The maximum atomic E-state index is 12.0. The van der Waals surface area contributed by atoms with Gasteiger partial charge in [-0.15, -0.1) is 11.3 Å². The molecule has 1 heterocycles. The molecule has 5 heteroatoms. The van der Waals surface area contributed by atoms with Gasteiger partial charge in [-0.05, 0) is 37.8 Å². The van der Waals surface area contributed by atoms with Crippen molar-refractivity contribution in [2.24, 2.45) is 5.41 Å². The molecule has 1 aromatic heterocycles. The van der Waals surface area contributed by atoms with E-state index < -0.39 is 17.3 Å². The molecule has 1 aromatic rings. The molecule has 0 radical (unpaired) electrons. The fraction of sp³-hybridized carbons (Fsp3) is 0.455. The number of hydrogen-bond donors (Lipinski definition) is 1. The maximum absolute atomic E-state index is 12.0. The SMILES string of the molecule is Cc1ccsc1N(C)C(=O)C(C)(C)C(=O)O. The van der Waals surface area contributed by atoms with E-state index in [-0.39, 0.29) is 0 Å². The van der Waals surface area contributed by atoms with Gasteiger partial charge in [0, 0.05) is 7.05 Å². The molecular formula is C11H15NO3S. The molecule has 0 unspecified atom stereocenters. The number of anilines is 1. The van der Waals surface area contributed by atoms with E-state index in [2.05, 4.69) is 0 Å². The number of aliphatic carboxylic acids is 1. The van der Waals surface area contributed by atoms with E-state index in [1.807, 2.05) is 18.4 Å². The summed E-state index contributed by atoms with van der Waals surface area (Å²) in [5, 5.41) is 11.7. The average molecular weight is 241 g/mol. The van der Waals surface area contributed by atoms with Crippen molar-refractivity contribution in [1.82, 2.24) is 0 Å². The first kappa shape index (κ1) is 12.7. The number of rotatable bonds is 3. The summed E-state index contributed by atoms with van der Waals surface area (Å²) in [5.74, 6) is -1.52. The van der Waals surface area contributed by atoms with Crippen LogP contribution in [0.3, 0.4) is 0 Å². The second-order valence-electron chi connectivity index (χ2n) is 4.20. The van der Waals surface area contributed by atoms with E-state index in [4.69, 9.17) is 5.11 Å². The van der Waals surface area contributed by atoms with E-state index in [0.29, 0.717) is 0 Å². The number of hydrogen-bond acceptors (Lipinski definition) is 3. The number of carbonyl (C=O) groups is 2. The van der Waals surface area contributed by atoms with Gasteiger partial charge in [0.2, 0.25) is 5.91 Å². The first-order chi connectivity index (χ1) is 7.28. The lowest BCUT2D eigenvalue weighted by molar-refractivity contribution is -0.152. The molecule has 0 aromatic carbocycles. The molecule has 1 N–H and O–H groups in total. The highest BCUT2D eigenvalue weighted by Gasteiger charge is 2.39. The summed E-state index contributed by atoms with van der Waals surface area (Å²) in [6, 6.07) is 1.90. The summed E-state index contributed by atoms with van der Waals surface area (Å²) in [6.07, 6.45) is 0. The molecular weight excluding hydrogens is 226 g/mol. The van der Waals surface area contributed by atoms with Crippen LogP contribution in [0.5, 0.6) is 0 Å². The van der Waals surface area contributed by atoms with Crippen LogP contribution in [-0.2, 0) is 9.59 Å². The molecule has 16 heavy (non-hydrogen) atoms. The lowest BCUT2D eigenvalue weighted by Gasteiger charge is -2.25. The molecule has 0 bridgehead atoms. The number of nitrogens with zero attached hydrogens (tertiary/aromatic N) is 1. The van der Waals surface area contributed by atoms with Crippen LogP contribution in [0.25, 0.3) is 0 Å². The zero-order valence-corrected chi connectivity index (χ0v) is 10.6. The van der Waals surface area contributed by atoms with Crippen molar-refractivity contribution >= 4 is 28.2 Å². The molecule has 1 amide bonds. The van der Waals surface area contributed by atoms with Gasteiger partial charge in [0.25, 0.3) is 0 Å². The molecule has 0 fully saturated rings. The van der Waals surface area contributed by atoms with Crippen molar-refractivity contribution in [2.45, 2.75) is 20.8 Å². The standard InChI is InChI=1S/C11H15NO3S/c1-7-5-6-16-8(7)12(4)9(13)11(2,3)10(14)15/h5-6H,1-4H3,(H,14,15). The van der Waals surface area contributed by atoms with Crippen LogP contribution in [0.15, 0.2) is 11.4 Å². The molecule has 0 aliphatic rings. The molecule has 0 aliphatic carbocycles. The number of carbonyl (C=O) groups excluding carboxylic acids is 1. The summed E-state index contributed by atoms with van der Waals surface area (Å²) >= 11 is 1.43. The summed E-state index contributed by atoms with van der Waals surface area (Å²) in [7, 11) is 1.60. The minimum absolute atomic E-state index is 0.412. The van der Waals surface area contributed by atoms with E-state index in [0.717, 1.165) is 10.6 Å². The normalized spacial score (nSPS) is 11.2. The van der Waals surface area contributed by atoms with E-state index >= 15 is 0 Å². The van der Waals surface area contributed by atoms with Crippen LogP contribution in [0.1, 0.15) is 19.4 Å². The molecule has 0 spiro atoms. The van der Waals surface area contributed by atoms with E-state index in [1.165, 1.54) is 30.1 Å². The van der Waals surface area contributed by atoms with Crippen molar-refractivity contribution in [3.05, 3.63) is 17.0 Å². The Kier molecular flexibility index (Phi) is 3.38. The number of carboxylic acid groups (broad SMARTS) is 1. The first-order valence-electron chi connectivity index (χ1n) is 4.84. The monoisotopic (exact) mass is 241 g/mol. The smallest absolute Gasteiger partial charge is 0.318 e. The maximum Gasteiger partial charge on any atom is 0.318 e. The Balaban J connectivity index is 3.00. The van der Waals surface area contributed by atoms with Crippen LogP contribution in [-0.4, -0.2) is 24.0 Å². The van der Waals surface area contributed by atoms with Gasteiger partial charge in [-0.25, -0.2) is 0 Å². The molecule has 4 nitrogen and oxygen atoms in total. The van der Waals surface area contributed by atoms with Gasteiger partial charge in [0.1, 0.15) is 10.4 Å². The Hall–Kier alpha value is -1.36. The van der Waals surface area contributed by atoms with Crippen molar-refractivity contribution in [2.75, 3.05) is 11.9 Å². The van der Waals surface area contributed by atoms with Crippen LogP contribution in [0.2, 0.25) is 0 Å². The van der Waals surface area contributed by atoms with Crippen LogP contribution < -0.4 is 4.90 Å². The highest BCUT2D eigenvalue weighted by molar-refractivity contribution is 7.14. The van der Waals surface area contributed by atoms with Crippen LogP contribution >= 0.6 is 11.3 Å². The lowest BCUT2D eigenvalue weighted by atomic mass is 9.92. The zero-order chi connectivity index (χ0) is 12.5. The Morgan fingerprint density at radius 1 is 1.44 bits per heavy atom. The number of aryl methyl sites for hydroxylation is 1. The Morgan fingerprint density at radius 3 is 2.38 bits per heavy atom. The van der Waals surface area contributed by atoms with Crippen molar-refractivity contribution in [1.29, 1.82) is 0 Å². The fourth-order valence-electron chi connectivity index (χ4n) is 1.31. The second-order valence-corrected chi connectivity index (χ2v) is 5.10. The van der Waals surface area contributed by atoms with Crippen molar-refractivity contribution in [3.8, 4) is 0 Å². The lowest BCUT2D eigenvalue weighted by Crippen LogP contribution is -2.43. The van der Waals surface area contributed by atoms with Gasteiger partial charge >= 0.3 is 5.97 Å². The summed E-state index contributed by atoms with van der Waals surface area (Å²) in [4.78, 5) is 24.4. The summed E-state index contributed by atoms with van der Waals surface area (Å²) in [6.45, 7) is 4.72. The quantitative estimate of drug-likeness (QED) is 0.825. The predicted octanol–water partition coefficient (Wildman–Crippen LogP) is 2.13. The summed E-state index contributed by atoms with van der Waals surface area (Å²) < 4.78 is 0. The van der Waals surface area contributed by atoms with Gasteiger partial charge in [-0.3, -0.25) is 9.59 Å². The second kappa shape index (κ2) is 4.25. The van der Waals surface area contributed by atoms with Crippen LogP contribution in [0, 0.1) is 12.3 Å². The van der Waals surface area contributed by atoms with Gasteiger partial charge < -0.3 is 10.0 Å². The van der Waals surface area contributed by atoms with Gasteiger partial charge in [-0.2, -0.15) is 0 Å². The highest BCUT2D eigenvalue weighted by Crippen LogP contribution is 2.29. The van der Waals surface area contributed by atoms with Crippen molar-refractivity contribution in [3.63, 3.8) is 0 Å². The number of thiophene rings is 1. The zero-order valence-electron chi connectivity index (χ0n) is 9.77. The van der Waals surface area contributed by atoms with Gasteiger partial charge in [0.15, 0.2) is 0 Å². The minimum atomic E-state index is -1.40. The van der Waals surface area contributed by atoms with Gasteiger partial charge in [0.05, 0.1) is 0 Å². The third kappa shape index (κ3) is 2.09. The summed E-state index contributed by atoms with van der Waals surface area (Å²) in [5.41, 5.74) is -0.424. The Bertz CT molecular complexity index is 423. The van der Waals surface area contributed by atoms with E-state index in [9.17, 15) is 9.59 Å². The third-order valence-electron chi connectivity index (χ3n) is 2.51. The van der Waals surface area contributed by atoms with E-state index in [1.54, 1.807) is 7.05 Å². The molecule has 1 rings (SSSR count). The first-order valence-corrected chi connectivity index (χ1v) is 5.72. The average Bonchev–Trinajstić information content (AvgIpc) is 2.61. The Morgan fingerprint density at radius 2 is 2.00 bits per heavy atom. The number of amides is 1. The van der Waals surface area contributed by atoms with Crippen molar-refractivity contribution < 1.29 is 14.7 Å². The molecule has 88 valence electrons. The highest BCUT2D eigenvalue weighted by atomic mass is 32.1. The van der Waals surface area contributed by atoms with Crippen LogP contribution in [0.4, 0.5) is 5.00 Å². The molecule has 0 saturated carbocycles. The predicted molar refractivity (Wildman–Crippen MR) is 63.9 cm³/mol. The molecule has 0 atom stereocenters. The largest absolute Gasteiger partial charge is 0.480 e. The Labute approximate surface area is 98.5 Å². The molecule has 0 aliphatic heterocycles. The molecule has 0 saturated heterocycles. The number of carboxylic acids is 1. The third-order valence-corrected chi connectivity index (χ3v) is 3.60. The minimum Gasteiger partial charge on any atom is -0.480 e. The topological polar surface area (TPSA) is 57.6 Å². The fourth-order valence-corrected chi connectivity index (χ4v) is 2.21.